The molecule has 2 saturated heterocycles. The molecule has 3 N–H and O–H groups in total. The van der Waals surface area contributed by atoms with Gasteiger partial charge in [-0.15, -0.1) is 0 Å². The third-order valence-corrected chi connectivity index (χ3v) is 5.29. The first-order chi connectivity index (χ1) is 12.4. The van der Waals surface area contributed by atoms with Crippen LogP contribution in [-0.2, 0) is 14.4 Å². The van der Waals surface area contributed by atoms with E-state index in [9.17, 15) is 14.4 Å². The second kappa shape index (κ2) is 8.05. The fourth-order valence-corrected chi connectivity index (χ4v) is 3.91. The minimum atomic E-state index is -0.801. The van der Waals surface area contributed by atoms with Crippen molar-refractivity contribution in [2.75, 3.05) is 25.0 Å². The van der Waals surface area contributed by atoms with Crippen molar-refractivity contribution < 1.29 is 19.5 Å². The molecule has 26 heavy (non-hydrogen) atoms. The zero-order valence-corrected chi connectivity index (χ0v) is 15.1. The van der Waals surface area contributed by atoms with Crippen LogP contribution in [0.3, 0.4) is 0 Å². The minimum Gasteiger partial charge on any atom is -0.480 e. The van der Waals surface area contributed by atoms with E-state index in [1.165, 1.54) is 0 Å². The molecule has 2 aliphatic heterocycles. The van der Waals surface area contributed by atoms with E-state index in [4.69, 9.17) is 16.7 Å². The van der Waals surface area contributed by atoms with Gasteiger partial charge in [0.25, 0.3) is 0 Å². The Bertz CT molecular complexity index is 716. The number of hydrogen-bond donors (Lipinski definition) is 3. The van der Waals surface area contributed by atoms with E-state index in [1.54, 1.807) is 0 Å². The summed E-state index contributed by atoms with van der Waals surface area (Å²) in [6.07, 6.45) is 2.52. The third-order valence-electron chi connectivity index (χ3n) is 4.97. The Balaban J connectivity index is 1.60. The van der Waals surface area contributed by atoms with Crippen molar-refractivity contribution in [2.24, 2.45) is 0 Å². The van der Waals surface area contributed by atoms with Gasteiger partial charge in [-0.1, -0.05) is 17.7 Å². The summed E-state index contributed by atoms with van der Waals surface area (Å²) in [5.74, 6) is -1.05. The SMILES string of the molecule is O=C(O)CN1CCC(c2ccc(NC3CCC(=O)NC3=O)cc2Cl)CC1. The first kappa shape index (κ1) is 18.7. The summed E-state index contributed by atoms with van der Waals surface area (Å²) in [5.41, 5.74) is 1.80. The zero-order chi connectivity index (χ0) is 18.7. The average molecular weight is 380 g/mol. The Labute approximate surface area is 156 Å². The number of rotatable bonds is 5. The molecule has 2 amide bonds. The van der Waals surface area contributed by atoms with Crippen molar-refractivity contribution in [1.82, 2.24) is 10.2 Å². The maximum absolute atomic E-state index is 11.8. The van der Waals surface area contributed by atoms with Gasteiger partial charge in [0, 0.05) is 17.1 Å². The number of nitrogens with one attached hydrogen (secondary N) is 2. The lowest BCUT2D eigenvalue weighted by Crippen LogP contribution is -2.47. The molecule has 1 aromatic carbocycles. The number of amides is 2. The van der Waals surface area contributed by atoms with Crippen LogP contribution in [0.1, 0.15) is 37.2 Å². The second-order valence-corrected chi connectivity index (χ2v) is 7.24. The summed E-state index contributed by atoms with van der Waals surface area (Å²) < 4.78 is 0. The molecule has 1 aromatic rings. The lowest BCUT2D eigenvalue weighted by Gasteiger charge is -2.31. The topological polar surface area (TPSA) is 98.7 Å². The van der Waals surface area contributed by atoms with Crippen molar-refractivity contribution in [3.05, 3.63) is 28.8 Å². The quantitative estimate of drug-likeness (QED) is 0.675. The molecule has 0 spiro atoms. The molecule has 0 aliphatic carbocycles. The van der Waals surface area contributed by atoms with Crippen LogP contribution in [0.25, 0.3) is 0 Å². The molecule has 7 nitrogen and oxygen atoms in total. The number of carboxylic acid groups (broad SMARTS) is 1. The van der Waals surface area contributed by atoms with Crippen molar-refractivity contribution in [1.29, 1.82) is 0 Å². The summed E-state index contributed by atoms with van der Waals surface area (Å²) in [7, 11) is 0. The summed E-state index contributed by atoms with van der Waals surface area (Å²) in [5, 5.41) is 15.0. The molecular weight excluding hydrogens is 358 g/mol. The van der Waals surface area contributed by atoms with Crippen LogP contribution in [0.15, 0.2) is 18.2 Å². The van der Waals surface area contributed by atoms with Gasteiger partial charge >= 0.3 is 5.97 Å². The molecule has 0 aromatic heterocycles. The molecule has 0 bridgehead atoms. The van der Waals surface area contributed by atoms with Crippen LogP contribution in [0.4, 0.5) is 5.69 Å². The highest BCUT2D eigenvalue weighted by Crippen LogP contribution is 2.34. The molecule has 0 radical (unpaired) electrons. The number of aliphatic carboxylic acids is 1. The van der Waals surface area contributed by atoms with E-state index in [0.717, 1.165) is 37.2 Å². The molecule has 1 unspecified atom stereocenters. The normalized spacial score (nSPS) is 22.1. The molecule has 2 aliphatic rings. The summed E-state index contributed by atoms with van der Waals surface area (Å²) >= 11 is 6.46. The van der Waals surface area contributed by atoms with Crippen molar-refractivity contribution in [2.45, 2.75) is 37.6 Å². The summed E-state index contributed by atoms with van der Waals surface area (Å²) in [4.78, 5) is 35.8. The average Bonchev–Trinajstić information content (AvgIpc) is 2.58. The van der Waals surface area contributed by atoms with Crippen molar-refractivity contribution in [3.63, 3.8) is 0 Å². The first-order valence-corrected chi connectivity index (χ1v) is 9.14. The zero-order valence-electron chi connectivity index (χ0n) is 14.3. The predicted molar refractivity (Wildman–Crippen MR) is 97.3 cm³/mol. The number of piperidine rings is 2. The number of carbonyl (C=O) groups excluding carboxylic acids is 2. The summed E-state index contributed by atoms with van der Waals surface area (Å²) in [6.45, 7) is 1.56. The molecule has 2 fully saturated rings. The Morgan fingerprint density at radius 3 is 2.62 bits per heavy atom. The van der Waals surface area contributed by atoms with Crippen LogP contribution in [0.5, 0.6) is 0 Å². The molecule has 2 heterocycles. The number of carboxylic acids is 1. The van der Waals surface area contributed by atoms with Gasteiger partial charge in [0.2, 0.25) is 11.8 Å². The predicted octanol–water partition coefficient (Wildman–Crippen LogP) is 1.82. The number of likely N-dealkylation sites (tertiary alicyclic amines) is 1. The highest BCUT2D eigenvalue weighted by atomic mass is 35.5. The van der Waals surface area contributed by atoms with Crippen LogP contribution >= 0.6 is 11.6 Å². The monoisotopic (exact) mass is 379 g/mol. The number of imide groups is 1. The number of benzene rings is 1. The molecular formula is C18H22ClN3O4. The van der Waals surface area contributed by atoms with E-state index in [1.807, 2.05) is 23.1 Å². The molecule has 8 heteroatoms. The van der Waals surface area contributed by atoms with Crippen LogP contribution in [-0.4, -0.2) is 53.5 Å². The maximum atomic E-state index is 11.8. The molecule has 1 atom stereocenters. The Hall–Kier alpha value is -2.12. The maximum Gasteiger partial charge on any atom is 0.317 e. The van der Waals surface area contributed by atoms with Crippen LogP contribution < -0.4 is 10.6 Å². The number of nitrogens with zero attached hydrogens (tertiary/aromatic N) is 1. The van der Waals surface area contributed by atoms with Crippen molar-refractivity contribution >= 4 is 35.1 Å². The van der Waals surface area contributed by atoms with E-state index < -0.39 is 12.0 Å². The van der Waals surface area contributed by atoms with Crippen LogP contribution in [0, 0.1) is 0 Å². The number of anilines is 1. The summed E-state index contributed by atoms with van der Waals surface area (Å²) in [6, 6.07) is 5.24. The highest BCUT2D eigenvalue weighted by Gasteiger charge is 2.27. The Morgan fingerprint density at radius 2 is 2.00 bits per heavy atom. The van der Waals surface area contributed by atoms with Gasteiger partial charge in [-0.3, -0.25) is 24.6 Å². The van der Waals surface area contributed by atoms with E-state index in [0.29, 0.717) is 23.8 Å². The van der Waals surface area contributed by atoms with Gasteiger partial charge < -0.3 is 10.4 Å². The van der Waals surface area contributed by atoms with Gasteiger partial charge in [0.1, 0.15) is 6.04 Å². The first-order valence-electron chi connectivity index (χ1n) is 8.76. The molecule has 140 valence electrons. The van der Waals surface area contributed by atoms with Gasteiger partial charge in [-0.25, -0.2) is 0 Å². The number of carbonyl (C=O) groups is 3. The molecule has 3 rings (SSSR count). The number of hydrogen-bond acceptors (Lipinski definition) is 5. The number of halogens is 1. The lowest BCUT2D eigenvalue weighted by molar-refractivity contribution is -0.138. The van der Waals surface area contributed by atoms with E-state index >= 15 is 0 Å². The van der Waals surface area contributed by atoms with Crippen LogP contribution in [0.2, 0.25) is 5.02 Å². The van der Waals surface area contributed by atoms with Gasteiger partial charge in [0.05, 0.1) is 6.54 Å². The fraction of sp³-hybridized carbons (Fsp3) is 0.500. The molecule has 0 saturated carbocycles. The highest BCUT2D eigenvalue weighted by molar-refractivity contribution is 6.31. The standard InChI is InChI=1S/C18H22ClN3O4/c19-14-9-12(20-15-3-4-16(23)21-18(15)26)1-2-13(14)11-5-7-22(8-6-11)10-17(24)25/h1-2,9,11,15,20H,3-8,10H2,(H,24,25)(H,21,23,26). The minimum absolute atomic E-state index is 0.0786. The Morgan fingerprint density at radius 1 is 1.27 bits per heavy atom. The third kappa shape index (κ3) is 4.53. The van der Waals surface area contributed by atoms with Crippen molar-refractivity contribution in [3.8, 4) is 0 Å². The van der Waals surface area contributed by atoms with E-state index in [-0.39, 0.29) is 18.4 Å². The lowest BCUT2D eigenvalue weighted by atomic mass is 9.89. The fourth-order valence-electron chi connectivity index (χ4n) is 3.57. The second-order valence-electron chi connectivity index (χ2n) is 6.83. The Kier molecular flexibility index (Phi) is 5.78. The van der Waals surface area contributed by atoms with Gasteiger partial charge in [-0.2, -0.15) is 0 Å². The van der Waals surface area contributed by atoms with E-state index in [2.05, 4.69) is 10.6 Å². The smallest absolute Gasteiger partial charge is 0.317 e. The van der Waals surface area contributed by atoms with Gasteiger partial charge in [-0.05, 0) is 56.0 Å². The largest absolute Gasteiger partial charge is 0.480 e. The van der Waals surface area contributed by atoms with Gasteiger partial charge in [0.15, 0.2) is 0 Å².